The molecule has 7 unspecified atom stereocenters. The van der Waals surface area contributed by atoms with Gasteiger partial charge >= 0.3 is 5.97 Å². The molecule has 9 atom stereocenters. The first kappa shape index (κ1) is 23.3. The number of likely N-dealkylation sites (tertiary alicyclic amines) is 1. The Morgan fingerprint density at radius 3 is 2.21 bits per heavy atom. The van der Waals surface area contributed by atoms with Crippen LogP contribution in [0, 0.1) is 0 Å². The Morgan fingerprint density at radius 1 is 0.964 bits per heavy atom. The molecule has 2 heterocycles. The van der Waals surface area contributed by atoms with Crippen LogP contribution in [-0.2, 0) is 14.3 Å². The molecule has 12 heteroatoms. The number of rotatable bonds is 8. The molecule has 0 aromatic carbocycles. The maximum atomic E-state index is 10.7. The van der Waals surface area contributed by atoms with Crippen molar-refractivity contribution in [3.63, 3.8) is 0 Å². The number of carbonyl (C=O) groups is 1. The highest BCUT2D eigenvalue weighted by atomic mass is 16.7. The van der Waals surface area contributed by atoms with Crippen LogP contribution in [0.5, 0.6) is 0 Å². The van der Waals surface area contributed by atoms with Crippen molar-refractivity contribution in [2.45, 2.75) is 67.9 Å². The van der Waals surface area contributed by atoms with Crippen LogP contribution in [0.2, 0.25) is 0 Å². The predicted octanol–water partition coefficient (Wildman–Crippen LogP) is -4.57. The van der Waals surface area contributed by atoms with Gasteiger partial charge in [0.05, 0.1) is 19.3 Å². The van der Waals surface area contributed by atoms with Gasteiger partial charge in [-0.2, -0.15) is 0 Å². The van der Waals surface area contributed by atoms with E-state index >= 15 is 0 Å². The SMILES string of the molecule is O=C(O)CCCN1CC(OC2OC(CO)C(O)C(O)C2O)C(O)[C@@H](O)[C@@H]1CO. The maximum absolute atomic E-state index is 10.7. The summed E-state index contributed by atoms with van der Waals surface area (Å²) < 4.78 is 10.8. The lowest BCUT2D eigenvalue weighted by Gasteiger charge is -2.47. The molecule has 0 aromatic heterocycles. The van der Waals surface area contributed by atoms with Crippen LogP contribution in [0.3, 0.4) is 0 Å². The fourth-order valence-corrected chi connectivity index (χ4v) is 3.53. The molecule has 8 N–H and O–H groups in total. The zero-order valence-electron chi connectivity index (χ0n) is 15.2. The number of piperidine rings is 1. The molecule has 12 nitrogen and oxygen atoms in total. The Bertz CT molecular complexity index is 507. The largest absolute Gasteiger partial charge is 0.481 e. The molecule has 0 aliphatic carbocycles. The van der Waals surface area contributed by atoms with Gasteiger partial charge < -0.3 is 50.3 Å². The average Bonchev–Trinajstić information content (AvgIpc) is 2.66. The van der Waals surface area contributed by atoms with E-state index in [9.17, 15) is 40.5 Å². The number of carboxylic acids is 1. The van der Waals surface area contributed by atoms with Crippen LogP contribution < -0.4 is 0 Å². The van der Waals surface area contributed by atoms with Crippen molar-refractivity contribution in [1.82, 2.24) is 4.90 Å². The lowest BCUT2D eigenvalue weighted by Crippen LogP contribution is -2.66. The van der Waals surface area contributed by atoms with Gasteiger partial charge in [0.1, 0.15) is 42.7 Å². The first-order valence-corrected chi connectivity index (χ1v) is 9.10. The van der Waals surface area contributed by atoms with Gasteiger partial charge in [-0.1, -0.05) is 0 Å². The quantitative estimate of drug-likeness (QED) is 0.190. The zero-order valence-corrected chi connectivity index (χ0v) is 15.2. The average molecular weight is 411 g/mol. The molecule has 2 rings (SSSR count). The van der Waals surface area contributed by atoms with E-state index in [4.69, 9.17) is 14.6 Å². The van der Waals surface area contributed by atoms with Crippen molar-refractivity contribution >= 4 is 5.97 Å². The summed E-state index contributed by atoms with van der Waals surface area (Å²) >= 11 is 0. The molecule has 164 valence electrons. The number of hydrogen-bond acceptors (Lipinski definition) is 11. The van der Waals surface area contributed by atoms with Crippen LogP contribution >= 0.6 is 0 Å². The van der Waals surface area contributed by atoms with E-state index in [2.05, 4.69) is 0 Å². The second-order valence-electron chi connectivity index (χ2n) is 7.10. The highest BCUT2D eigenvalue weighted by molar-refractivity contribution is 5.66. The number of aliphatic hydroxyl groups is 7. The van der Waals surface area contributed by atoms with Crippen LogP contribution in [-0.4, -0.2) is 133 Å². The third-order valence-corrected chi connectivity index (χ3v) is 5.19. The van der Waals surface area contributed by atoms with E-state index in [1.54, 1.807) is 4.90 Å². The van der Waals surface area contributed by atoms with E-state index in [0.717, 1.165) is 0 Å². The van der Waals surface area contributed by atoms with Crippen LogP contribution in [0.4, 0.5) is 0 Å². The standard InChI is InChI=1S/C16H29NO11/c18-5-7-11(22)12(23)8(4-17(7)3-1-2-10(20)21)27-16-15(26)14(25)13(24)9(6-19)28-16/h7-9,11-16,18-19,22-26H,1-6H2,(H,20,21)/t7-,8?,9?,11-,12?,13?,14?,15?,16?/m0/s1. The number of aliphatic carboxylic acids is 1. The predicted molar refractivity (Wildman–Crippen MR) is 90.0 cm³/mol. The van der Waals surface area contributed by atoms with Gasteiger partial charge in [0.25, 0.3) is 0 Å². The molecule has 0 bridgehead atoms. The van der Waals surface area contributed by atoms with Gasteiger partial charge in [-0.15, -0.1) is 0 Å². The van der Waals surface area contributed by atoms with Crippen molar-refractivity contribution in [2.75, 3.05) is 26.3 Å². The molecule has 2 aliphatic heterocycles. The first-order valence-electron chi connectivity index (χ1n) is 9.10. The van der Waals surface area contributed by atoms with Gasteiger partial charge in [0.15, 0.2) is 6.29 Å². The number of carboxylic acid groups (broad SMARTS) is 1. The minimum atomic E-state index is -1.67. The third kappa shape index (κ3) is 5.16. The topological polar surface area (TPSA) is 201 Å². The molecule has 0 saturated carbocycles. The Hall–Kier alpha value is -0.930. The second-order valence-corrected chi connectivity index (χ2v) is 7.10. The summed E-state index contributed by atoms with van der Waals surface area (Å²) in [4.78, 5) is 12.3. The Kier molecular flexibility index (Phi) is 8.51. The molecule has 0 amide bonds. The van der Waals surface area contributed by atoms with Crippen molar-refractivity contribution in [1.29, 1.82) is 0 Å². The summed E-state index contributed by atoms with van der Waals surface area (Å²) in [6.45, 7) is -0.930. The van der Waals surface area contributed by atoms with Crippen LogP contribution in [0.15, 0.2) is 0 Å². The van der Waals surface area contributed by atoms with Gasteiger partial charge in [0, 0.05) is 13.0 Å². The second kappa shape index (κ2) is 10.2. The molecular formula is C16H29NO11. The molecule has 2 aliphatic rings. The highest BCUT2D eigenvalue weighted by Gasteiger charge is 2.48. The monoisotopic (exact) mass is 411 g/mol. The summed E-state index contributed by atoms with van der Waals surface area (Å²) in [5.74, 6) is -0.993. The van der Waals surface area contributed by atoms with Crippen molar-refractivity contribution in [3.8, 4) is 0 Å². The molecule has 2 saturated heterocycles. The Morgan fingerprint density at radius 2 is 1.64 bits per heavy atom. The fourth-order valence-electron chi connectivity index (χ4n) is 3.53. The van der Waals surface area contributed by atoms with Crippen molar-refractivity contribution in [2.24, 2.45) is 0 Å². The number of ether oxygens (including phenoxy) is 2. The minimum absolute atomic E-state index is 0.0158. The van der Waals surface area contributed by atoms with Crippen molar-refractivity contribution < 1.29 is 55.1 Å². The normalized spacial score (nSPS) is 42.5. The van der Waals surface area contributed by atoms with Crippen molar-refractivity contribution in [3.05, 3.63) is 0 Å². The van der Waals surface area contributed by atoms with Crippen LogP contribution in [0.1, 0.15) is 12.8 Å². The highest BCUT2D eigenvalue weighted by Crippen LogP contribution is 2.27. The summed E-state index contributed by atoms with van der Waals surface area (Å²) in [6, 6.07) is -0.835. The molecule has 28 heavy (non-hydrogen) atoms. The minimum Gasteiger partial charge on any atom is -0.481 e. The molecular weight excluding hydrogens is 382 g/mol. The Labute approximate surface area is 161 Å². The Balaban J connectivity index is 2.07. The smallest absolute Gasteiger partial charge is 0.303 e. The number of nitrogens with zero attached hydrogens (tertiary/aromatic N) is 1. The van der Waals surface area contributed by atoms with E-state index in [-0.39, 0.29) is 25.9 Å². The van der Waals surface area contributed by atoms with Crippen LogP contribution in [0.25, 0.3) is 0 Å². The fraction of sp³-hybridized carbons (Fsp3) is 0.938. The molecule has 0 aromatic rings. The molecule has 0 spiro atoms. The van der Waals surface area contributed by atoms with Gasteiger partial charge in [0.2, 0.25) is 0 Å². The number of hydrogen-bond donors (Lipinski definition) is 8. The first-order chi connectivity index (χ1) is 13.2. The van der Waals surface area contributed by atoms with E-state index < -0.39 is 74.2 Å². The summed E-state index contributed by atoms with van der Waals surface area (Å²) in [5, 5.41) is 77.8. The number of aliphatic hydroxyl groups excluding tert-OH is 7. The lowest BCUT2D eigenvalue weighted by molar-refractivity contribution is -0.325. The zero-order chi connectivity index (χ0) is 21.0. The van der Waals surface area contributed by atoms with Gasteiger partial charge in [-0.25, -0.2) is 0 Å². The van der Waals surface area contributed by atoms with Gasteiger partial charge in [-0.05, 0) is 13.0 Å². The lowest BCUT2D eigenvalue weighted by atomic mass is 9.93. The summed E-state index contributed by atoms with van der Waals surface area (Å²) in [5.41, 5.74) is 0. The summed E-state index contributed by atoms with van der Waals surface area (Å²) in [7, 11) is 0. The third-order valence-electron chi connectivity index (χ3n) is 5.19. The molecule has 2 fully saturated rings. The maximum Gasteiger partial charge on any atom is 0.303 e. The van der Waals surface area contributed by atoms with E-state index in [1.807, 2.05) is 0 Å². The van der Waals surface area contributed by atoms with E-state index in [0.29, 0.717) is 0 Å². The van der Waals surface area contributed by atoms with E-state index in [1.165, 1.54) is 0 Å². The van der Waals surface area contributed by atoms with Gasteiger partial charge in [-0.3, -0.25) is 9.69 Å². The molecule has 0 radical (unpaired) electrons. The summed E-state index contributed by atoms with van der Waals surface area (Å²) in [6.07, 6.45) is -11.4.